The zero-order valence-corrected chi connectivity index (χ0v) is 17.7. The van der Waals surface area contributed by atoms with Crippen molar-refractivity contribution in [3.63, 3.8) is 0 Å². The second kappa shape index (κ2) is 8.96. The van der Waals surface area contributed by atoms with Crippen LogP contribution in [-0.2, 0) is 32.7 Å². The molecule has 0 bridgehead atoms. The molecule has 28 heavy (non-hydrogen) atoms. The number of hydrogen-bond donors (Lipinski definition) is 2. The Morgan fingerprint density at radius 1 is 0.679 bits per heavy atom. The van der Waals surface area contributed by atoms with E-state index in [0.29, 0.717) is 28.3 Å². The van der Waals surface area contributed by atoms with Crippen molar-refractivity contribution in [2.75, 3.05) is 0 Å². The average molecular weight is 445 g/mol. The van der Waals surface area contributed by atoms with Crippen molar-refractivity contribution in [3.05, 3.63) is 83.9 Å². The summed E-state index contributed by atoms with van der Waals surface area (Å²) in [5.41, 5.74) is 2.39. The molecule has 0 aliphatic rings. The monoisotopic (exact) mass is 445 g/mol. The molecule has 4 aromatic rings. The fourth-order valence-corrected chi connectivity index (χ4v) is 2.69. The van der Waals surface area contributed by atoms with E-state index >= 15 is 0 Å². The smallest absolute Gasteiger partial charge is 0.246 e. The number of furan rings is 1. The third-order valence-electron chi connectivity index (χ3n) is 4.08. The molecule has 5 nitrogen and oxygen atoms in total. The van der Waals surface area contributed by atoms with Crippen molar-refractivity contribution in [3.8, 4) is 11.5 Å². The van der Waals surface area contributed by atoms with Gasteiger partial charge in [-0.25, -0.2) is 9.98 Å². The summed E-state index contributed by atoms with van der Waals surface area (Å²) in [5.74, 6) is 0.607. The Balaban J connectivity index is 0.00000225. The minimum atomic E-state index is 0. The molecular formula is C22H16N2O3Y. The van der Waals surface area contributed by atoms with Crippen LogP contribution in [0.2, 0.25) is 0 Å². The Morgan fingerprint density at radius 2 is 1.21 bits per heavy atom. The van der Waals surface area contributed by atoms with Gasteiger partial charge >= 0.3 is 0 Å². The van der Waals surface area contributed by atoms with Crippen molar-refractivity contribution >= 4 is 35.0 Å². The van der Waals surface area contributed by atoms with Crippen LogP contribution in [0.25, 0.3) is 11.0 Å². The molecule has 0 atom stereocenters. The predicted molar refractivity (Wildman–Crippen MR) is 107 cm³/mol. The SMILES string of the molecule is Oc1ccccc1C=Nc1oc2ccccc2c1N=Cc1ccccc1O.[Y]. The van der Waals surface area contributed by atoms with Crippen molar-refractivity contribution < 1.29 is 47.3 Å². The largest absolute Gasteiger partial charge is 0.507 e. The normalized spacial score (nSPS) is 11.3. The number of hydrogen-bond acceptors (Lipinski definition) is 5. The van der Waals surface area contributed by atoms with Crippen LogP contribution >= 0.6 is 0 Å². The fraction of sp³-hybridized carbons (Fsp3) is 0. The van der Waals surface area contributed by atoms with E-state index in [9.17, 15) is 10.2 Å². The van der Waals surface area contributed by atoms with Gasteiger partial charge in [-0.1, -0.05) is 36.4 Å². The molecule has 0 fully saturated rings. The summed E-state index contributed by atoms with van der Waals surface area (Å²) in [5, 5.41) is 20.6. The van der Waals surface area contributed by atoms with Crippen LogP contribution in [0, 0.1) is 0 Å². The minimum absolute atomic E-state index is 0. The maximum absolute atomic E-state index is 9.93. The molecule has 6 heteroatoms. The maximum Gasteiger partial charge on any atom is 0.246 e. The van der Waals surface area contributed by atoms with Gasteiger partial charge in [-0.3, -0.25) is 0 Å². The van der Waals surface area contributed by atoms with E-state index in [1.165, 1.54) is 6.21 Å². The topological polar surface area (TPSA) is 78.3 Å². The third-order valence-corrected chi connectivity index (χ3v) is 4.08. The molecule has 1 radical (unpaired) electrons. The van der Waals surface area contributed by atoms with Gasteiger partial charge < -0.3 is 14.6 Å². The number of fused-ring (bicyclic) bond motifs is 1. The number of para-hydroxylation sites is 3. The first-order valence-electron chi connectivity index (χ1n) is 8.38. The van der Waals surface area contributed by atoms with Gasteiger partial charge in [0.2, 0.25) is 5.88 Å². The second-order valence-electron chi connectivity index (χ2n) is 5.89. The van der Waals surface area contributed by atoms with Crippen LogP contribution in [0.4, 0.5) is 11.6 Å². The standard InChI is InChI=1S/C22H16N2O3.Y/c25-18-10-4-1-7-15(18)13-23-21-17-9-3-6-12-20(17)27-22(21)24-14-16-8-2-5-11-19(16)26;/h1-14,25-26H;. The molecule has 3 aromatic carbocycles. The summed E-state index contributed by atoms with van der Waals surface area (Å²) in [6.45, 7) is 0. The van der Waals surface area contributed by atoms with Gasteiger partial charge in [-0.05, 0) is 36.4 Å². The molecule has 0 unspecified atom stereocenters. The van der Waals surface area contributed by atoms with Crippen molar-refractivity contribution in [2.45, 2.75) is 0 Å². The molecule has 1 aromatic heterocycles. The predicted octanol–water partition coefficient (Wildman–Crippen LogP) is 5.34. The van der Waals surface area contributed by atoms with Crippen molar-refractivity contribution in [1.82, 2.24) is 0 Å². The van der Waals surface area contributed by atoms with Gasteiger partial charge in [0.05, 0.1) is 0 Å². The maximum atomic E-state index is 9.93. The Hall–Kier alpha value is -2.76. The summed E-state index contributed by atoms with van der Waals surface area (Å²) in [6.07, 6.45) is 3.11. The van der Waals surface area contributed by atoms with Gasteiger partial charge in [0.15, 0.2) is 0 Å². The fourth-order valence-electron chi connectivity index (χ4n) is 2.69. The molecule has 4 rings (SSSR count). The van der Waals surface area contributed by atoms with E-state index in [1.807, 2.05) is 36.4 Å². The number of aromatic hydroxyl groups is 2. The Bertz CT molecular complexity index is 1170. The molecule has 135 valence electrons. The number of phenols is 2. The zero-order chi connectivity index (χ0) is 18.6. The molecule has 0 saturated carbocycles. The summed E-state index contributed by atoms with van der Waals surface area (Å²) in [6, 6.07) is 21.4. The van der Waals surface area contributed by atoms with Crippen molar-refractivity contribution in [1.29, 1.82) is 0 Å². The Morgan fingerprint density at radius 3 is 1.86 bits per heavy atom. The average Bonchev–Trinajstić information content (AvgIpc) is 3.04. The Kier molecular flexibility index (Phi) is 6.39. The van der Waals surface area contributed by atoms with Gasteiger partial charge in [0.1, 0.15) is 22.8 Å². The summed E-state index contributed by atoms with van der Waals surface area (Å²) in [7, 11) is 0. The number of aliphatic imine (C=N–C) groups is 2. The number of nitrogens with zero attached hydrogens (tertiary/aromatic N) is 2. The van der Waals surface area contributed by atoms with Gasteiger partial charge in [-0.2, -0.15) is 0 Å². The molecule has 1 heterocycles. The van der Waals surface area contributed by atoms with Gasteiger partial charge in [-0.15, -0.1) is 0 Å². The molecule has 0 spiro atoms. The molecule has 2 N–H and O–H groups in total. The van der Waals surface area contributed by atoms with Crippen LogP contribution in [0.3, 0.4) is 0 Å². The number of rotatable bonds is 4. The van der Waals surface area contributed by atoms with Crippen LogP contribution < -0.4 is 0 Å². The Labute approximate surface area is 187 Å². The molecule has 0 amide bonds. The van der Waals surface area contributed by atoms with Crippen LogP contribution in [-0.4, -0.2) is 22.6 Å². The molecule has 0 saturated heterocycles. The summed E-state index contributed by atoms with van der Waals surface area (Å²) < 4.78 is 5.82. The summed E-state index contributed by atoms with van der Waals surface area (Å²) in [4.78, 5) is 8.89. The van der Waals surface area contributed by atoms with E-state index in [4.69, 9.17) is 4.42 Å². The van der Waals surface area contributed by atoms with Gasteiger partial charge in [0.25, 0.3) is 0 Å². The van der Waals surface area contributed by atoms with E-state index in [0.717, 1.165) is 5.39 Å². The first kappa shape index (κ1) is 20.0. The molecule has 0 aliphatic heterocycles. The van der Waals surface area contributed by atoms with E-state index in [-0.39, 0.29) is 44.2 Å². The second-order valence-corrected chi connectivity index (χ2v) is 5.89. The zero-order valence-electron chi connectivity index (χ0n) is 14.9. The third kappa shape index (κ3) is 4.21. The first-order valence-corrected chi connectivity index (χ1v) is 8.38. The number of phenolic OH excluding ortho intramolecular Hbond substituents is 2. The van der Waals surface area contributed by atoms with E-state index < -0.39 is 0 Å². The molecule has 0 aliphatic carbocycles. The van der Waals surface area contributed by atoms with Crippen LogP contribution in [0.1, 0.15) is 11.1 Å². The number of benzene rings is 3. The molecular weight excluding hydrogens is 429 g/mol. The van der Waals surface area contributed by atoms with E-state index in [2.05, 4.69) is 9.98 Å². The van der Waals surface area contributed by atoms with Crippen molar-refractivity contribution in [2.24, 2.45) is 9.98 Å². The first-order chi connectivity index (χ1) is 13.2. The van der Waals surface area contributed by atoms with E-state index in [1.54, 1.807) is 42.6 Å². The summed E-state index contributed by atoms with van der Waals surface area (Å²) >= 11 is 0. The van der Waals surface area contributed by atoms with Crippen LogP contribution in [0.5, 0.6) is 11.5 Å². The van der Waals surface area contributed by atoms with Crippen LogP contribution in [0.15, 0.2) is 87.2 Å². The van der Waals surface area contributed by atoms with Gasteiger partial charge in [0, 0.05) is 61.7 Å². The quantitative estimate of drug-likeness (QED) is 0.416. The minimum Gasteiger partial charge on any atom is -0.507 e.